The predicted octanol–water partition coefficient (Wildman–Crippen LogP) is 4.68. The van der Waals surface area contributed by atoms with E-state index in [0.29, 0.717) is 0 Å². The molecule has 0 amide bonds. The van der Waals surface area contributed by atoms with Gasteiger partial charge in [0.15, 0.2) is 0 Å². The summed E-state index contributed by atoms with van der Waals surface area (Å²) in [6.07, 6.45) is 11.0. The largest absolute Gasteiger partial charge is 0.286 e. The molecule has 1 nitrogen and oxygen atoms in total. The smallest absolute Gasteiger partial charge is 0.225 e. The maximum absolute atomic E-state index is 10.1. The minimum Gasteiger partial charge on any atom is -0.286 e. The topological polar surface area (TPSA) is 17.1 Å². The van der Waals surface area contributed by atoms with Gasteiger partial charge in [0, 0.05) is 0 Å². The van der Waals surface area contributed by atoms with Crippen LogP contribution in [0.15, 0.2) is 11.6 Å². The van der Waals surface area contributed by atoms with Crippen LogP contribution in [-0.4, -0.2) is 6.29 Å². The van der Waals surface area contributed by atoms with Crippen LogP contribution in [0.1, 0.15) is 66.2 Å². The molecule has 1 heteroatoms. The second-order valence-corrected chi connectivity index (χ2v) is 5.43. The minimum atomic E-state index is 0.826. The molecule has 0 aromatic heterocycles. The first-order valence-electron chi connectivity index (χ1n) is 6.59. The van der Waals surface area contributed by atoms with Crippen LogP contribution in [0.3, 0.4) is 0 Å². The molecular weight excluding hydrogens is 196 g/mol. The van der Waals surface area contributed by atoms with E-state index in [1.165, 1.54) is 32.1 Å². The van der Waals surface area contributed by atoms with E-state index in [0.717, 1.165) is 23.8 Å². The Bertz CT molecular complexity index is 203. The van der Waals surface area contributed by atoms with Gasteiger partial charge in [-0.25, -0.2) is 0 Å². The molecule has 16 heavy (non-hydrogen) atoms. The standard InChI is InChI=1S/C15H27O/c1-13(2)7-5-8-14(3)9-6-10-15(4)11-12-16/h11,13-14H,5-10H2,1-4H3. The molecule has 1 unspecified atom stereocenters. The van der Waals surface area contributed by atoms with Gasteiger partial charge in [0.2, 0.25) is 6.29 Å². The summed E-state index contributed by atoms with van der Waals surface area (Å²) >= 11 is 0. The highest BCUT2D eigenvalue weighted by atomic mass is 16.1. The Morgan fingerprint density at radius 2 is 1.75 bits per heavy atom. The average molecular weight is 223 g/mol. The number of hydrogen-bond acceptors (Lipinski definition) is 1. The first kappa shape index (κ1) is 15.4. The quantitative estimate of drug-likeness (QED) is 0.519. The summed E-state index contributed by atoms with van der Waals surface area (Å²) in [4.78, 5) is 10.1. The maximum Gasteiger partial charge on any atom is 0.225 e. The predicted molar refractivity (Wildman–Crippen MR) is 71.2 cm³/mol. The van der Waals surface area contributed by atoms with Crippen LogP contribution in [0.25, 0.3) is 0 Å². The molecule has 0 saturated heterocycles. The number of carbonyl (C=O) groups excluding carboxylic acids is 1. The summed E-state index contributed by atoms with van der Waals surface area (Å²) in [6, 6.07) is 0. The zero-order chi connectivity index (χ0) is 12.4. The second kappa shape index (κ2) is 9.62. The van der Waals surface area contributed by atoms with Gasteiger partial charge in [0.1, 0.15) is 0 Å². The number of allylic oxidation sites excluding steroid dienone is 2. The van der Waals surface area contributed by atoms with Gasteiger partial charge < -0.3 is 0 Å². The van der Waals surface area contributed by atoms with E-state index in [-0.39, 0.29) is 0 Å². The minimum absolute atomic E-state index is 0.826. The summed E-state index contributed by atoms with van der Waals surface area (Å²) in [6.45, 7) is 8.92. The van der Waals surface area contributed by atoms with E-state index in [1.807, 2.05) is 13.2 Å². The fraction of sp³-hybridized carbons (Fsp3) is 0.800. The maximum atomic E-state index is 10.1. The summed E-state index contributed by atoms with van der Waals surface area (Å²) < 4.78 is 0. The molecule has 0 aromatic carbocycles. The summed E-state index contributed by atoms with van der Waals surface area (Å²) in [5, 5.41) is 0. The highest BCUT2D eigenvalue weighted by molar-refractivity contribution is 5.66. The van der Waals surface area contributed by atoms with Gasteiger partial charge in [0.05, 0.1) is 0 Å². The van der Waals surface area contributed by atoms with Crippen molar-refractivity contribution in [2.24, 2.45) is 11.8 Å². The van der Waals surface area contributed by atoms with Crippen LogP contribution >= 0.6 is 0 Å². The van der Waals surface area contributed by atoms with Crippen LogP contribution in [0.4, 0.5) is 0 Å². The number of hydrogen-bond donors (Lipinski definition) is 0. The van der Waals surface area contributed by atoms with Gasteiger partial charge in [0.25, 0.3) is 0 Å². The second-order valence-electron chi connectivity index (χ2n) is 5.43. The third kappa shape index (κ3) is 9.95. The van der Waals surface area contributed by atoms with E-state index in [1.54, 1.807) is 6.08 Å². The molecule has 0 rings (SSSR count). The lowest BCUT2D eigenvalue weighted by atomic mass is 9.94. The zero-order valence-electron chi connectivity index (χ0n) is 11.4. The van der Waals surface area contributed by atoms with E-state index < -0.39 is 0 Å². The van der Waals surface area contributed by atoms with Crippen LogP contribution in [0.5, 0.6) is 0 Å². The van der Waals surface area contributed by atoms with Crippen molar-refractivity contribution in [3.63, 3.8) is 0 Å². The molecule has 0 aromatic rings. The number of rotatable bonds is 9. The molecule has 0 fully saturated rings. The molecule has 0 heterocycles. The van der Waals surface area contributed by atoms with Crippen molar-refractivity contribution in [1.29, 1.82) is 0 Å². The summed E-state index contributed by atoms with van der Waals surface area (Å²) in [5.74, 6) is 1.66. The fourth-order valence-corrected chi connectivity index (χ4v) is 1.92. The lowest BCUT2D eigenvalue weighted by molar-refractivity contribution is 0.427. The van der Waals surface area contributed by atoms with Gasteiger partial charge >= 0.3 is 0 Å². The molecule has 0 N–H and O–H groups in total. The van der Waals surface area contributed by atoms with Crippen LogP contribution in [-0.2, 0) is 4.79 Å². The zero-order valence-corrected chi connectivity index (χ0v) is 11.4. The molecular formula is C15H27O. The van der Waals surface area contributed by atoms with Gasteiger partial charge in [-0.15, -0.1) is 0 Å². The Kier molecular flexibility index (Phi) is 9.27. The monoisotopic (exact) mass is 223 g/mol. The third-order valence-corrected chi connectivity index (χ3v) is 3.05. The van der Waals surface area contributed by atoms with E-state index in [2.05, 4.69) is 20.8 Å². The lowest BCUT2D eigenvalue weighted by Crippen LogP contribution is -1.97. The van der Waals surface area contributed by atoms with E-state index in [9.17, 15) is 4.79 Å². The third-order valence-electron chi connectivity index (χ3n) is 3.05. The van der Waals surface area contributed by atoms with Crippen molar-refractivity contribution in [3.05, 3.63) is 11.6 Å². The molecule has 0 aliphatic heterocycles. The summed E-state index contributed by atoms with van der Waals surface area (Å²) in [7, 11) is 0. The van der Waals surface area contributed by atoms with Gasteiger partial charge in [-0.3, -0.25) is 4.79 Å². The first-order valence-corrected chi connectivity index (χ1v) is 6.59. The van der Waals surface area contributed by atoms with Crippen molar-refractivity contribution >= 4 is 6.29 Å². The normalized spacial score (nSPS) is 14.2. The molecule has 0 spiro atoms. The van der Waals surface area contributed by atoms with E-state index in [4.69, 9.17) is 0 Å². The molecule has 0 bridgehead atoms. The van der Waals surface area contributed by atoms with Crippen LogP contribution in [0, 0.1) is 11.8 Å². The molecule has 93 valence electrons. The van der Waals surface area contributed by atoms with Gasteiger partial charge in [-0.2, -0.15) is 0 Å². The molecule has 0 saturated carbocycles. The highest BCUT2D eigenvalue weighted by Gasteiger charge is 2.03. The lowest BCUT2D eigenvalue weighted by Gasteiger charge is -2.12. The Balaban J connectivity index is 3.46. The SMILES string of the molecule is CC(=C[C]=O)CCCC(C)CCCC(C)C. The molecule has 1 radical (unpaired) electrons. The first-order chi connectivity index (χ1) is 7.56. The molecule has 1 atom stereocenters. The van der Waals surface area contributed by atoms with Crippen molar-refractivity contribution in [1.82, 2.24) is 0 Å². The Hall–Kier alpha value is -0.590. The van der Waals surface area contributed by atoms with Crippen molar-refractivity contribution < 1.29 is 4.79 Å². The summed E-state index contributed by atoms with van der Waals surface area (Å²) in [5.41, 5.74) is 1.16. The Morgan fingerprint density at radius 3 is 2.31 bits per heavy atom. The van der Waals surface area contributed by atoms with Crippen molar-refractivity contribution in [2.75, 3.05) is 0 Å². The highest BCUT2D eigenvalue weighted by Crippen LogP contribution is 2.18. The van der Waals surface area contributed by atoms with Crippen LogP contribution in [0.2, 0.25) is 0 Å². The van der Waals surface area contributed by atoms with Crippen LogP contribution < -0.4 is 0 Å². The molecule has 0 aliphatic carbocycles. The van der Waals surface area contributed by atoms with Crippen molar-refractivity contribution in [3.8, 4) is 0 Å². The van der Waals surface area contributed by atoms with E-state index >= 15 is 0 Å². The average Bonchev–Trinajstić information content (AvgIpc) is 2.17. The van der Waals surface area contributed by atoms with Gasteiger partial charge in [-0.05, 0) is 37.7 Å². The Morgan fingerprint density at radius 1 is 1.12 bits per heavy atom. The van der Waals surface area contributed by atoms with Gasteiger partial charge in [-0.1, -0.05) is 52.0 Å². The Labute approximate surface area is 101 Å². The fourth-order valence-electron chi connectivity index (χ4n) is 1.92. The molecule has 0 aliphatic rings. The van der Waals surface area contributed by atoms with Crippen molar-refractivity contribution in [2.45, 2.75) is 66.2 Å².